The number of aryl methyl sites for hydroxylation is 1. The van der Waals surface area contributed by atoms with Crippen LogP contribution in [0.2, 0.25) is 0 Å². The molecule has 1 atom stereocenters. The smallest absolute Gasteiger partial charge is 0.326 e. The Morgan fingerprint density at radius 1 is 1.59 bits per heavy atom. The minimum absolute atomic E-state index is 0.0420. The normalized spacial score (nSPS) is 11.9. The Morgan fingerprint density at radius 3 is 2.76 bits per heavy atom. The minimum Gasteiger partial charge on any atom is -0.480 e. The summed E-state index contributed by atoms with van der Waals surface area (Å²) in [4.78, 5) is 27.0. The molecule has 0 aromatic carbocycles. The number of aromatic nitrogens is 1. The average molecular weight is 259 g/mol. The quantitative estimate of drug-likeness (QED) is 0.612. The fourth-order valence-electron chi connectivity index (χ4n) is 1.09. The molecule has 0 saturated carbocycles. The van der Waals surface area contributed by atoms with Crippen molar-refractivity contribution in [2.75, 3.05) is 11.9 Å². The maximum Gasteiger partial charge on any atom is 0.326 e. The lowest BCUT2D eigenvalue weighted by Crippen LogP contribution is -2.43. The third-order valence-electron chi connectivity index (χ3n) is 1.86. The lowest BCUT2D eigenvalue weighted by atomic mass is 10.2. The molecule has 0 fully saturated rings. The molecule has 8 heteroatoms. The molecule has 0 aliphatic heterocycles. The topological polar surface area (TPSA) is 112 Å². The van der Waals surface area contributed by atoms with E-state index in [-0.39, 0.29) is 13.0 Å². The third-order valence-corrected chi connectivity index (χ3v) is 2.69. The van der Waals surface area contributed by atoms with Crippen molar-refractivity contribution in [3.8, 4) is 0 Å². The first kappa shape index (κ1) is 13.4. The van der Waals surface area contributed by atoms with Gasteiger partial charge in [-0.1, -0.05) is 0 Å². The van der Waals surface area contributed by atoms with Gasteiger partial charge >= 0.3 is 12.0 Å². The van der Waals surface area contributed by atoms with Crippen LogP contribution in [0.15, 0.2) is 6.20 Å². The highest BCUT2D eigenvalue weighted by molar-refractivity contribution is 7.15. The minimum atomic E-state index is -1.19. The molecule has 0 bridgehead atoms. The van der Waals surface area contributed by atoms with Crippen molar-refractivity contribution in [2.45, 2.75) is 19.4 Å². The number of aliphatic hydroxyl groups is 1. The first-order chi connectivity index (χ1) is 8.02. The van der Waals surface area contributed by atoms with Gasteiger partial charge in [0.1, 0.15) is 6.04 Å². The first-order valence-corrected chi connectivity index (χ1v) is 5.68. The van der Waals surface area contributed by atoms with Crippen LogP contribution in [0.5, 0.6) is 0 Å². The number of aliphatic hydroxyl groups excluding tert-OH is 1. The lowest BCUT2D eigenvalue weighted by Gasteiger charge is -2.12. The van der Waals surface area contributed by atoms with E-state index in [0.717, 1.165) is 4.88 Å². The number of rotatable bonds is 5. The molecule has 2 amide bonds. The van der Waals surface area contributed by atoms with Gasteiger partial charge in [-0.15, -0.1) is 11.3 Å². The van der Waals surface area contributed by atoms with Gasteiger partial charge in [0.2, 0.25) is 0 Å². The van der Waals surface area contributed by atoms with Crippen LogP contribution < -0.4 is 10.6 Å². The number of carboxylic acids is 1. The summed E-state index contributed by atoms with van der Waals surface area (Å²) < 4.78 is 0. The number of nitrogens with one attached hydrogen (secondary N) is 2. The van der Waals surface area contributed by atoms with E-state index in [2.05, 4.69) is 15.6 Å². The van der Waals surface area contributed by atoms with Crippen molar-refractivity contribution in [1.29, 1.82) is 0 Å². The van der Waals surface area contributed by atoms with Crippen LogP contribution in [0.1, 0.15) is 11.3 Å². The van der Waals surface area contributed by atoms with E-state index in [1.54, 1.807) is 6.20 Å². The monoisotopic (exact) mass is 259 g/mol. The third kappa shape index (κ3) is 4.37. The predicted molar refractivity (Wildman–Crippen MR) is 62.1 cm³/mol. The predicted octanol–water partition coefficient (Wildman–Crippen LogP) is 0.409. The van der Waals surface area contributed by atoms with Crippen LogP contribution >= 0.6 is 11.3 Å². The molecule has 17 heavy (non-hydrogen) atoms. The van der Waals surface area contributed by atoms with Crippen LogP contribution in [0, 0.1) is 6.92 Å². The molecule has 1 aromatic rings. The molecule has 7 nitrogen and oxygen atoms in total. The summed E-state index contributed by atoms with van der Waals surface area (Å²) in [7, 11) is 0. The van der Waals surface area contributed by atoms with Gasteiger partial charge in [-0.2, -0.15) is 0 Å². The Hall–Kier alpha value is -1.67. The van der Waals surface area contributed by atoms with Crippen molar-refractivity contribution < 1.29 is 19.8 Å². The maximum atomic E-state index is 11.4. The SMILES string of the molecule is Cc1cnc(NC(=O)N[C@H](CCO)C(=O)O)s1. The fourth-order valence-corrected chi connectivity index (χ4v) is 1.75. The number of nitrogens with zero attached hydrogens (tertiary/aromatic N) is 1. The molecule has 1 rings (SSSR count). The van der Waals surface area contributed by atoms with E-state index in [0.29, 0.717) is 5.13 Å². The van der Waals surface area contributed by atoms with Crippen LogP contribution in [-0.4, -0.2) is 39.8 Å². The summed E-state index contributed by atoms with van der Waals surface area (Å²) in [5.41, 5.74) is 0. The molecule has 94 valence electrons. The molecule has 0 aliphatic carbocycles. The van der Waals surface area contributed by atoms with Crippen LogP contribution in [0.4, 0.5) is 9.93 Å². The average Bonchev–Trinajstić information content (AvgIpc) is 2.63. The van der Waals surface area contributed by atoms with Crippen LogP contribution in [0.25, 0.3) is 0 Å². The summed E-state index contributed by atoms with van der Waals surface area (Å²) in [6.07, 6.45) is 1.56. The number of hydrogen-bond donors (Lipinski definition) is 4. The van der Waals surface area contributed by atoms with Crippen molar-refractivity contribution in [1.82, 2.24) is 10.3 Å². The van der Waals surface area contributed by atoms with Crippen LogP contribution in [0.3, 0.4) is 0 Å². The molecule has 0 unspecified atom stereocenters. The first-order valence-electron chi connectivity index (χ1n) is 4.86. The zero-order valence-electron chi connectivity index (χ0n) is 9.14. The van der Waals surface area contributed by atoms with Gasteiger partial charge in [0.05, 0.1) is 0 Å². The molecule has 0 saturated heterocycles. The van der Waals surface area contributed by atoms with Gasteiger partial charge in [0.25, 0.3) is 0 Å². The maximum absolute atomic E-state index is 11.4. The molecule has 0 spiro atoms. The number of aliphatic carboxylic acids is 1. The van der Waals surface area contributed by atoms with E-state index in [9.17, 15) is 9.59 Å². The molecule has 0 radical (unpaired) electrons. The number of urea groups is 1. The number of anilines is 1. The highest BCUT2D eigenvalue weighted by Crippen LogP contribution is 2.16. The van der Waals surface area contributed by atoms with Gasteiger partial charge in [-0.25, -0.2) is 14.6 Å². The molecule has 4 N–H and O–H groups in total. The highest BCUT2D eigenvalue weighted by Gasteiger charge is 2.19. The summed E-state index contributed by atoms with van der Waals surface area (Å²) in [6, 6.07) is -1.76. The van der Waals surface area contributed by atoms with Gasteiger partial charge in [0.15, 0.2) is 5.13 Å². The molecule has 1 heterocycles. The van der Waals surface area contributed by atoms with Gasteiger partial charge in [-0.3, -0.25) is 5.32 Å². The van der Waals surface area contributed by atoms with E-state index in [4.69, 9.17) is 10.2 Å². The largest absolute Gasteiger partial charge is 0.480 e. The number of amides is 2. The number of carboxylic acid groups (broad SMARTS) is 1. The highest BCUT2D eigenvalue weighted by atomic mass is 32.1. The summed E-state index contributed by atoms with van der Waals surface area (Å²) in [6.45, 7) is 1.53. The Labute approximate surface area is 101 Å². The number of hydrogen-bond acceptors (Lipinski definition) is 5. The van der Waals surface area contributed by atoms with E-state index in [1.165, 1.54) is 11.3 Å². The number of carbonyl (C=O) groups excluding carboxylic acids is 1. The Morgan fingerprint density at radius 2 is 2.29 bits per heavy atom. The second-order valence-electron chi connectivity index (χ2n) is 3.28. The zero-order valence-corrected chi connectivity index (χ0v) is 9.95. The molecule has 0 aliphatic rings. The Kier molecular flexibility index (Phi) is 4.85. The van der Waals surface area contributed by atoms with Crippen molar-refractivity contribution in [3.05, 3.63) is 11.1 Å². The lowest BCUT2D eigenvalue weighted by molar-refractivity contribution is -0.139. The van der Waals surface area contributed by atoms with Gasteiger partial charge in [0, 0.05) is 24.1 Å². The molecular weight excluding hydrogens is 246 g/mol. The van der Waals surface area contributed by atoms with Crippen molar-refractivity contribution in [3.63, 3.8) is 0 Å². The summed E-state index contributed by atoms with van der Waals surface area (Å²) in [5.74, 6) is -1.19. The number of carbonyl (C=O) groups is 2. The van der Waals surface area contributed by atoms with Crippen molar-refractivity contribution >= 4 is 28.5 Å². The standard InChI is InChI=1S/C9H13N3O4S/c1-5-4-10-9(17-5)12-8(16)11-6(2-3-13)7(14)15/h4,6,13H,2-3H2,1H3,(H,14,15)(H2,10,11,12,16)/t6-/m1/s1. The van der Waals surface area contributed by atoms with Crippen LogP contribution in [-0.2, 0) is 4.79 Å². The van der Waals surface area contributed by atoms with Gasteiger partial charge < -0.3 is 15.5 Å². The van der Waals surface area contributed by atoms with E-state index < -0.39 is 18.0 Å². The second kappa shape index (κ2) is 6.16. The Balaban J connectivity index is 2.50. The second-order valence-corrected chi connectivity index (χ2v) is 4.51. The Bertz CT molecular complexity index is 407. The number of thiazole rings is 1. The molecule has 1 aromatic heterocycles. The summed E-state index contributed by atoms with van der Waals surface area (Å²) in [5, 5.41) is 22.5. The van der Waals surface area contributed by atoms with E-state index in [1.807, 2.05) is 6.92 Å². The van der Waals surface area contributed by atoms with Crippen molar-refractivity contribution in [2.24, 2.45) is 0 Å². The summed E-state index contributed by atoms with van der Waals surface area (Å²) >= 11 is 1.29. The zero-order chi connectivity index (χ0) is 12.8. The van der Waals surface area contributed by atoms with E-state index >= 15 is 0 Å². The fraction of sp³-hybridized carbons (Fsp3) is 0.444. The molecular formula is C9H13N3O4S. The van der Waals surface area contributed by atoms with Gasteiger partial charge in [-0.05, 0) is 6.92 Å².